The van der Waals surface area contributed by atoms with E-state index in [2.05, 4.69) is 15.1 Å². The van der Waals surface area contributed by atoms with Gasteiger partial charge in [-0.1, -0.05) is 29.8 Å². The van der Waals surface area contributed by atoms with Crippen molar-refractivity contribution < 1.29 is 14.3 Å². The van der Waals surface area contributed by atoms with E-state index in [9.17, 15) is 9.59 Å². The smallest absolute Gasteiger partial charge is 0.326 e. The van der Waals surface area contributed by atoms with Crippen molar-refractivity contribution in [2.75, 3.05) is 44.9 Å². The lowest BCUT2D eigenvalue weighted by Crippen LogP contribution is -2.51. The van der Waals surface area contributed by atoms with Gasteiger partial charge in [0.25, 0.3) is 5.91 Å². The van der Waals surface area contributed by atoms with Gasteiger partial charge in [-0.05, 0) is 42.8 Å². The Hall–Kier alpha value is -2.77. The fraction of sp³-hybridized carbons (Fsp3) is 0.364. The van der Waals surface area contributed by atoms with E-state index < -0.39 is 5.54 Å². The molecule has 2 aliphatic heterocycles. The van der Waals surface area contributed by atoms with E-state index in [1.54, 1.807) is 20.1 Å². The molecule has 1 N–H and O–H groups in total. The highest BCUT2D eigenvalue weighted by Crippen LogP contribution is 2.31. The van der Waals surface area contributed by atoms with Crippen molar-refractivity contribution >= 4 is 29.2 Å². The Morgan fingerprint density at radius 2 is 1.80 bits per heavy atom. The van der Waals surface area contributed by atoms with Crippen molar-refractivity contribution in [1.29, 1.82) is 0 Å². The Balaban J connectivity index is 1.42. The van der Waals surface area contributed by atoms with E-state index in [1.165, 1.54) is 4.90 Å². The highest BCUT2D eigenvalue weighted by atomic mass is 35.5. The zero-order chi connectivity index (χ0) is 21.3. The number of benzene rings is 2. The van der Waals surface area contributed by atoms with Crippen molar-refractivity contribution in [3.63, 3.8) is 0 Å². The molecular formula is C22H25ClN4O3. The molecule has 0 spiro atoms. The van der Waals surface area contributed by atoms with E-state index >= 15 is 0 Å². The molecule has 4 rings (SSSR count). The highest BCUT2D eigenvalue weighted by molar-refractivity contribution is 6.30. The Kier molecular flexibility index (Phi) is 5.58. The molecule has 0 aliphatic carbocycles. The van der Waals surface area contributed by atoms with Crippen LogP contribution in [0.2, 0.25) is 5.02 Å². The molecule has 8 heteroatoms. The number of carbonyl (C=O) groups is 2. The van der Waals surface area contributed by atoms with E-state index in [0.29, 0.717) is 16.3 Å². The number of nitrogens with zero attached hydrogens (tertiary/aromatic N) is 3. The van der Waals surface area contributed by atoms with Gasteiger partial charge in [-0.25, -0.2) is 9.69 Å². The van der Waals surface area contributed by atoms with Crippen LogP contribution in [-0.2, 0) is 10.3 Å². The molecule has 0 saturated carbocycles. The van der Waals surface area contributed by atoms with Crippen LogP contribution in [0.3, 0.4) is 0 Å². The summed E-state index contributed by atoms with van der Waals surface area (Å²) in [7, 11) is 1.58. The zero-order valence-corrected chi connectivity index (χ0v) is 17.9. The summed E-state index contributed by atoms with van der Waals surface area (Å²) >= 11 is 6.10. The van der Waals surface area contributed by atoms with E-state index in [1.807, 2.05) is 42.5 Å². The van der Waals surface area contributed by atoms with Gasteiger partial charge >= 0.3 is 6.03 Å². The maximum absolute atomic E-state index is 13.2. The summed E-state index contributed by atoms with van der Waals surface area (Å²) in [4.78, 5) is 31.5. The van der Waals surface area contributed by atoms with Gasteiger partial charge < -0.3 is 15.0 Å². The Labute approximate surface area is 181 Å². The van der Waals surface area contributed by atoms with E-state index in [0.717, 1.165) is 31.9 Å². The van der Waals surface area contributed by atoms with Crippen LogP contribution in [0, 0.1) is 0 Å². The maximum atomic E-state index is 13.2. The molecule has 2 aromatic carbocycles. The fourth-order valence-electron chi connectivity index (χ4n) is 3.98. The number of halogens is 1. The molecular weight excluding hydrogens is 404 g/mol. The van der Waals surface area contributed by atoms with E-state index in [-0.39, 0.29) is 18.6 Å². The van der Waals surface area contributed by atoms with Gasteiger partial charge in [0.15, 0.2) is 0 Å². The van der Waals surface area contributed by atoms with Gasteiger partial charge in [0.05, 0.1) is 13.8 Å². The van der Waals surface area contributed by atoms with Crippen LogP contribution >= 0.6 is 11.6 Å². The molecule has 0 bridgehead atoms. The predicted molar refractivity (Wildman–Crippen MR) is 116 cm³/mol. The number of methoxy groups -OCH3 is 1. The summed E-state index contributed by atoms with van der Waals surface area (Å²) in [5.74, 6) is 0.393. The third-order valence-electron chi connectivity index (χ3n) is 5.81. The summed E-state index contributed by atoms with van der Waals surface area (Å²) in [6, 6.07) is 14.7. The monoisotopic (exact) mass is 428 g/mol. The van der Waals surface area contributed by atoms with Crippen LogP contribution in [0.4, 0.5) is 10.5 Å². The van der Waals surface area contributed by atoms with Gasteiger partial charge in [-0.15, -0.1) is 0 Å². The molecule has 2 fully saturated rings. The molecule has 7 nitrogen and oxygen atoms in total. The van der Waals surface area contributed by atoms with Crippen molar-refractivity contribution in [2.24, 2.45) is 0 Å². The first-order valence-electron chi connectivity index (χ1n) is 9.92. The molecule has 2 aliphatic rings. The number of piperazine rings is 1. The van der Waals surface area contributed by atoms with Gasteiger partial charge in [-0.2, -0.15) is 0 Å². The van der Waals surface area contributed by atoms with Crippen molar-refractivity contribution in [1.82, 2.24) is 15.1 Å². The van der Waals surface area contributed by atoms with Crippen LogP contribution < -0.4 is 15.0 Å². The molecule has 0 radical (unpaired) electrons. The number of anilines is 1. The molecule has 1 atom stereocenters. The zero-order valence-electron chi connectivity index (χ0n) is 17.1. The fourth-order valence-corrected chi connectivity index (χ4v) is 4.16. The van der Waals surface area contributed by atoms with Crippen molar-refractivity contribution in [2.45, 2.75) is 12.5 Å². The molecule has 0 aromatic heterocycles. The van der Waals surface area contributed by atoms with Crippen LogP contribution in [0.5, 0.6) is 5.75 Å². The SMILES string of the molecule is COc1cccc([C@]2(C)NC(=O)N(CN3CCN(c4cccc(Cl)c4)CC3)C2=O)c1. The molecule has 3 amide bonds. The first-order valence-corrected chi connectivity index (χ1v) is 10.3. The first kappa shape index (κ1) is 20.5. The predicted octanol–water partition coefficient (Wildman–Crippen LogP) is 2.90. The number of ether oxygens (including phenoxy) is 1. The second-order valence-electron chi connectivity index (χ2n) is 7.75. The topological polar surface area (TPSA) is 65.1 Å². The Morgan fingerprint density at radius 3 is 2.50 bits per heavy atom. The number of nitrogens with one attached hydrogen (secondary N) is 1. The standard InChI is InChI=1S/C22H25ClN4O3/c1-22(16-5-3-8-19(13-16)30-2)20(28)27(21(29)24-22)15-25-9-11-26(12-10-25)18-7-4-6-17(23)14-18/h3-8,13-14H,9-12,15H2,1-2H3,(H,24,29)/t22-/m0/s1. The lowest BCUT2D eigenvalue weighted by molar-refractivity contribution is -0.132. The van der Waals surface area contributed by atoms with Crippen LogP contribution in [0.25, 0.3) is 0 Å². The van der Waals surface area contributed by atoms with Crippen LogP contribution in [0.1, 0.15) is 12.5 Å². The van der Waals surface area contributed by atoms with Crippen LogP contribution in [0.15, 0.2) is 48.5 Å². The summed E-state index contributed by atoms with van der Waals surface area (Å²) in [6.07, 6.45) is 0. The number of hydrogen-bond acceptors (Lipinski definition) is 5. The Bertz CT molecular complexity index is 961. The molecule has 2 aromatic rings. The summed E-state index contributed by atoms with van der Waals surface area (Å²) in [6.45, 7) is 5.11. The number of amides is 3. The maximum Gasteiger partial charge on any atom is 0.326 e. The lowest BCUT2D eigenvalue weighted by Gasteiger charge is -2.37. The van der Waals surface area contributed by atoms with Gasteiger partial charge in [0.2, 0.25) is 0 Å². The summed E-state index contributed by atoms with van der Waals surface area (Å²) in [5.41, 5.74) is 0.685. The van der Waals surface area contributed by atoms with Crippen LogP contribution in [-0.4, -0.2) is 61.7 Å². The molecule has 158 valence electrons. The van der Waals surface area contributed by atoms with Gasteiger partial charge in [-0.3, -0.25) is 9.69 Å². The minimum Gasteiger partial charge on any atom is -0.497 e. The number of rotatable bonds is 5. The number of hydrogen-bond donors (Lipinski definition) is 1. The lowest BCUT2D eigenvalue weighted by atomic mass is 9.92. The Morgan fingerprint density at radius 1 is 1.07 bits per heavy atom. The third-order valence-corrected chi connectivity index (χ3v) is 6.04. The molecule has 2 heterocycles. The second kappa shape index (κ2) is 8.16. The summed E-state index contributed by atoms with van der Waals surface area (Å²) < 4.78 is 5.26. The number of carbonyl (C=O) groups excluding carboxylic acids is 2. The minimum atomic E-state index is -1.10. The first-order chi connectivity index (χ1) is 14.4. The molecule has 0 unspecified atom stereocenters. The quantitative estimate of drug-likeness (QED) is 0.742. The normalized spacial score (nSPS) is 22.4. The van der Waals surface area contributed by atoms with Crippen molar-refractivity contribution in [3.8, 4) is 5.75 Å². The van der Waals surface area contributed by atoms with Gasteiger partial charge in [0, 0.05) is 36.9 Å². The third kappa shape index (κ3) is 3.82. The number of urea groups is 1. The van der Waals surface area contributed by atoms with Crippen molar-refractivity contribution in [3.05, 3.63) is 59.1 Å². The molecule has 2 saturated heterocycles. The average molecular weight is 429 g/mol. The molecule has 30 heavy (non-hydrogen) atoms. The highest BCUT2D eigenvalue weighted by Gasteiger charge is 2.49. The van der Waals surface area contributed by atoms with E-state index in [4.69, 9.17) is 16.3 Å². The minimum absolute atomic E-state index is 0.252. The largest absolute Gasteiger partial charge is 0.497 e. The summed E-state index contributed by atoms with van der Waals surface area (Å²) in [5, 5.41) is 3.57. The second-order valence-corrected chi connectivity index (χ2v) is 8.18. The average Bonchev–Trinajstić information content (AvgIpc) is 2.98. The van der Waals surface area contributed by atoms with Gasteiger partial charge in [0.1, 0.15) is 11.3 Å². The number of imide groups is 1.